The molecule has 0 saturated carbocycles. The molecule has 1 aromatic heterocycles. The molecule has 2 aromatic rings. The number of aromatic nitrogens is 1. The average Bonchev–Trinajstić information content (AvgIpc) is 2.40. The van der Waals surface area contributed by atoms with E-state index in [0.717, 1.165) is 29.8 Å². The van der Waals surface area contributed by atoms with E-state index in [0.29, 0.717) is 22.8 Å². The lowest BCUT2D eigenvalue weighted by molar-refractivity contribution is 0.217. The summed E-state index contributed by atoms with van der Waals surface area (Å²) in [6.45, 7) is 1.73. The fraction of sp³-hybridized carbons (Fsp3) is 0.267. The molecule has 20 heavy (non-hydrogen) atoms. The van der Waals surface area contributed by atoms with Gasteiger partial charge in [0.15, 0.2) is 0 Å². The summed E-state index contributed by atoms with van der Waals surface area (Å²) in [7, 11) is 0. The normalized spacial score (nSPS) is 17.6. The van der Waals surface area contributed by atoms with Crippen molar-refractivity contribution in [2.24, 2.45) is 0 Å². The Hall–Kier alpha value is -1.29. The highest BCUT2D eigenvalue weighted by Gasteiger charge is 2.17. The number of ether oxygens (including phenoxy) is 1. The largest absolute Gasteiger partial charge is 0.490 e. The van der Waals surface area contributed by atoms with Crippen LogP contribution in [0.3, 0.4) is 0 Å². The molecular weight excluding hydrogens is 295 g/mol. The molecule has 1 aliphatic rings. The molecule has 0 radical (unpaired) electrons. The highest BCUT2D eigenvalue weighted by Crippen LogP contribution is 2.30. The molecule has 104 valence electrons. The lowest BCUT2D eigenvalue weighted by Crippen LogP contribution is -2.46. The van der Waals surface area contributed by atoms with Crippen LogP contribution < -0.4 is 10.1 Å². The van der Waals surface area contributed by atoms with E-state index in [1.165, 1.54) is 0 Å². The Bertz CT molecular complexity index is 597. The van der Waals surface area contributed by atoms with E-state index in [-0.39, 0.29) is 0 Å². The third-order valence-electron chi connectivity index (χ3n) is 3.35. The third kappa shape index (κ3) is 3.06. The van der Waals surface area contributed by atoms with Gasteiger partial charge in [-0.3, -0.25) is 0 Å². The fourth-order valence-corrected chi connectivity index (χ4v) is 2.37. The van der Waals surface area contributed by atoms with Crippen LogP contribution in [0.1, 0.15) is 6.42 Å². The lowest BCUT2D eigenvalue weighted by atomic mass is 10.1. The number of nitrogens with zero attached hydrogens (tertiary/aromatic N) is 1. The van der Waals surface area contributed by atoms with Gasteiger partial charge in [0.1, 0.15) is 17.5 Å². The minimum atomic E-state index is 0.449. The molecular formula is C15H14Cl2N2O. The summed E-state index contributed by atoms with van der Waals surface area (Å²) in [4.78, 5) is 4.19. The Balaban J connectivity index is 1.80. The maximum Gasteiger partial charge on any atom is 0.138 e. The molecule has 3 nitrogen and oxygen atoms in total. The molecule has 3 rings (SSSR count). The number of hydrogen-bond donors (Lipinski definition) is 1. The Morgan fingerprint density at radius 3 is 2.65 bits per heavy atom. The van der Waals surface area contributed by atoms with E-state index >= 15 is 0 Å². The zero-order valence-electron chi connectivity index (χ0n) is 10.8. The van der Waals surface area contributed by atoms with Crippen LogP contribution in [0.2, 0.25) is 10.2 Å². The molecule has 0 amide bonds. The minimum absolute atomic E-state index is 0.449. The summed E-state index contributed by atoms with van der Waals surface area (Å²) >= 11 is 12.1. The molecule has 1 aliphatic heterocycles. The Morgan fingerprint density at radius 1 is 1.25 bits per heavy atom. The number of pyridine rings is 1. The Morgan fingerprint density at radius 2 is 2.00 bits per heavy atom. The van der Waals surface area contributed by atoms with E-state index < -0.39 is 0 Å². The van der Waals surface area contributed by atoms with E-state index in [1.54, 1.807) is 6.20 Å². The highest BCUT2D eigenvalue weighted by molar-refractivity contribution is 6.32. The molecule has 1 atom stereocenters. The van der Waals surface area contributed by atoms with E-state index in [4.69, 9.17) is 27.9 Å². The molecule has 0 bridgehead atoms. The molecule has 5 heteroatoms. The molecule has 0 unspecified atom stereocenters. The van der Waals surface area contributed by atoms with Crippen molar-refractivity contribution in [1.82, 2.24) is 10.3 Å². The van der Waals surface area contributed by atoms with Crippen LogP contribution in [0, 0.1) is 0 Å². The summed E-state index contributed by atoms with van der Waals surface area (Å²) < 4.78 is 5.74. The van der Waals surface area contributed by atoms with Crippen molar-refractivity contribution < 1.29 is 4.74 Å². The SMILES string of the molecule is Clc1ccc(-c2cc(OC[C@@H]3CCN3)cnc2Cl)cc1. The van der Waals surface area contributed by atoms with Gasteiger partial charge < -0.3 is 10.1 Å². The Kier molecular flexibility index (Phi) is 4.10. The van der Waals surface area contributed by atoms with Gasteiger partial charge in [0, 0.05) is 16.6 Å². The summed E-state index contributed by atoms with van der Waals surface area (Å²) in [5.41, 5.74) is 1.82. The van der Waals surface area contributed by atoms with Gasteiger partial charge in [0.25, 0.3) is 0 Å². The van der Waals surface area contributed by atoms with Crippen molar-refractivity contribution in [3.05, 3.63) is 46.7 Å². The van der Waals surface area contributed by atoms with Gasteiger partial charge >= 0.3 is 0 Å². The average molecular weight is 309 g/mol. The van der Waals surface area contributed by atoms with Crippen LogP contribution in [0.5, 0.6) is 5.75 Å². The van der Waals surface area contributed by atoms with Gasteiger partial charge in [-0.05, 0) is 36.7 Å². The zero-order chi connectivity index (χ0) is 13.9. The van der Waals surface area contributed by atoms with Gasteiger partial charge in [-0.15, -0.1) is 0 Å². The van der Waals surface area contributed by atoms with Crippen LogP contribution in [0.4, 0.5) is 0 Å². The molecule has 2 heterocycles. The predicted molar refractivity (Wildman–Crippen MR) is 81.6 cm³/mol. The first kappa shape index (κ1) is 13.7. The van der Waals surface area contributed by atoms with Gasteiger partial charge in [-0.25, -0.2) is 4.98 Å². The van der Waals surface area contributed by atoms with Crippen molar-refractivity contribution in [3.63, 3.8) is 0 Å². The number of hydrogen-bond acceptors (Lipinski definition) is 3. The summed E-state index contributed by atoms with van der Waals surface area (Å²) in [6.07, 6.45) is 2.81. The van der Waals surface area contributed by atoms with Crippen molar-refractivity contribution >= 4 is 23.2 Å². The fourth-order valence-electron chi connectivity index (χ4n) is 2.03. The second kappa shape index (κ2) is 6.00. The van der Waals surface area contributed by atoms with Gasteiger partial charge in [0.2, 0.25) is 0 Å². The first-order chi connectivity index (χ1) is 9.72. The van der Waals surface area contributed by atoms with Crippen LogP contribution in [0.15, 0.2) is 36.5 Å². The molecule has 1 fully saturated rings. The van der Waals surface area contributed by atoms with Crippen LogP contribution in [-0.2, 0) is 0 Å². The number of benzene rings is 1. The first-order valence-electron chi connectivity index (χ1n) is 6.50. The van der Waals surface area contributed by atoms with Crippen molar-refractivity contribution in [2.75, 3.05) is 13.2 Å². The monoisotopic (exact) mass is 308 g/mol. The molecule has 1 saturated heterocycles. The third-order valence-corrected chi connectivity index (χ3v) is 3.90. The highest BCUT2D eigenvalue weighted by atomic mass is 35.5. The van der Waals surface area contributed by atoms with Crippen LogP contribution in [0.25, 0.3) is 11.1 Å². The minimum Gasteiger partial charge on any atom is -0.490 e. The van der Waals surface area contributed by atoms with Crippen molar-refractivity contribution in [2.45, 2.75) is 12.5 Å². The smallest absolute Gasteiger partial charge is 0.138 e. The summed E-state index contributed by atoms with van der Waals surface area (Å²) in [5.74, 6) is 0.730. The molecule has 0 spiro atoms. The maximum atomic E-state index is 6.16. The van der Waals surface area contributed by atoms with Crippen molar-refractivity contribution in [1.29, 1.82) is 0 Å². The van der Waals surface area contributed by atoms with Crippen LogP contribution >= 0.6 is 23.2 Å². The number of halogens is 2. The number of rotatable bonds is 4. The first-order valence-corrected chi connectivity index (χ1v) is 7.25. The van der Waals surface area contributed by atoms with Gasteiger partial charge in [-0.1, -0.05) is 35.3 Å². The van der Waals surface area contributed by atoms with Gasteiger partial charge in [0.05, 0.1) is 6.20 Å². The van der Waals surface area contributed by atoms with E-state index in [1.807, 2.05) is 30.3 Å². The second-order valence-electron chi connectivity index (χ2n) is 4.77. The maximum absolute atomic E-state index is 6.16. The van der Waals surface area contributed by atoms with Crippen LogP contribution in [-0.4, -0.2) is 24.2 Å². The summed E-state index contributed by atoms with van der Waals surface area (Å²) in [6, 6.07) is 9.87. The van der Waals surface area contributed by atoms with Gasteiger partial charge in [-0.2, -0.15) is 0 Å². The predicted octanol–water partition coefficient (Wildman–Crippen LogP) is 3.80. The standard InChI is InChI=1S/C15H14Cl2N2O/c16-11-3-1-10(2-4-11)14-7-13(8-19-15(14)17)20-9-12-5-6-18-12/h1-4,7-8,12,18H,5-6,9H2/t12-/m0/s1. The van der Waals surface area contributed by atoms with E-state index in [9.17, 15) is 0 Å². The molecule has 1 N–H and O–H groups in total. The summed E-state index contributed by atoms with van der Waals surface area (Å²) in [5, 5.41) is 4.45. The lowest BCUT2D eigenvalue weighted by Gasteiger charge is -2.27. The molecule has 0 aliphatic carbocycles. The zero-order valence-corrected chi connectivity index (χ0v) is 12.3. The topological polar surface area (TPSA) is 34.1 Å². The molecule has 1 aromatic carbocycles. The second-order valence-corrected chi connectivity index (χ2v) is 5.56. The van der Waals surface area contributed by atoms with E-state index in [2.05, 4.69) is 10.3 Å². The number of nitrogens with one attached hydrogen (secondary N) is 1. The Labute approximate surface area is 127 Å². The van der Waals surface area contributed by atoms with Crippen molar-refractivity contribution in [3.8, 4) is 16.9 Å². The quantitative estimate of drug-likeness (QED) is 0.872.